The fourth-order valence-corrected chi connectivity index (χ4v) is 4.76. The quantitative estimate of drug-likeness (QED) is 0.348. The van der Waals surface area contributed by atoms with Crippen LogP contribution in [-0.4, -0.2) is 86.5 Å². The number of hydrogen-bond acceptors (Lipinski definition) is 8. The third-order valence-electron chi connectivity index (χ3n) is 7.18. The molecule has 1 saturated heterocycles. The van der Waals surface area contributed by atoms with Gasteiger partial charge >= 0.3 is 5.97 Å². The topological polar surface area (TPSA) is 107 Å². The lowest BCUT2D eigenvalue weighted by atomic mass is 10.0. The molecule has 206 valence electrons. The number of methoxy groups -OCH3 is 1. The van der Waals surface area contributed by atoms with Crippen molar-refractivity contribution in [3.8, 4) is 0 Å². The minimum Gasteiger partial charge on any atom is -0.464 e. The number of carbonyl (C=O) groups is 3. The third kappa shape index (κ3) is 5.73. The van der Waals surface area contributed by atoms with Crippen molar-refractivity contribution in [3.63, 3.8) is 0 Å². The van der Waals surface area contributed by atoms with Gasteiger partial charge in [-0.1, -0.05) is 30.3 Å². The Bertz CT molecular complexity index is 1450. The zero-order valence-corrected chi connectivity index (χ0v) is 22.8. The molecule has 2 amide bonds. The monoisotopic (exact) mass is 540 g/mol. The maximum absolute atomic E-state index is 13.2. The van der Waals surface area contributed by atoms with Crippen LogP contribution in [0.5, 0.6) is 0 Å². The Labute approximate surface area is 233 Å². The molecule has 0 saturated carbocycles. The highest BCUT2D eigenvalue weighted by Gasteiger charge is 2.30. The second kappa shape index (κ2) is 11.7. The zero-order chi connectivity index (χ0) is 28.2. The number of amides is 2. The number of pyridine rings is 1. The van der Waals surface area contributed by atoms with Crippen LogP contribution in [0.4, 0.5) is 17.2 Å². The second-order valence-corrected chi connectivity index (χ2v) is 9.86. The molecule has 0 spiro atoms. The molecule has 5 rings (SSSR count). The van der Waals surface area contributed by atoms with Crippen molar-refractivity contribution < 1.29 is 19.1 Å². The first-order valence-corrected chi connectivity index (χ1v) is 13.1. The molecule has 3 aromatic rings. The van der Waals surface area contributed by atoms with Gasteiger partial charge in [0, 0.05) is 50.2 Å². The van der Waals surface area contributed by atoms with E-state index < -0.39 is 5.97 Å². The van der Waals surface area contributed by atoms with Crippen molar-refractivity contribution in [2.75, 3.05) is 69.5 Å². The molecule has 1 aromatic heterocycles. The van der Waals surface area contributed by atoms with Gasteiger partial charge in [-0.15, -0.1) is 0 Å². The number of hydrogen-bond donors (Lipinski definition) is 2. The molecule has 2 aliphatic rings. The number of rotatable bonds is 7. The van der Waals surface area contributed by atoms with Gasteiger partial charge in [-0.3, -0.25) is 14.5 Å². The molecule has 3 heterocycles. The Morgan fingerprint density at radius 1 is 1.00 bits per heavy atom. The van der Waals surface area contributed by atoms with E-state index in [4.69, 9.17) is 4.74 Å². The van der Waals surface area contributed by atoms with E-state index in [1.54, 1.807) is 18.0 Å². The predicted molar refractivity (Wildman–Crippen MR) is 155 cm³/mol. The van der Waals surface area contributed by atoms with Crippen LogP contribution < -0.4 is 15.5 Å². The van der Waals surface area contributed by atoms with Crippen LogP contribution in [-0.2, 0) is 14.3 Å². The largest absolute Gasteiger partial charge is 0.464 e. The summed E-state index contributed by atoms with van der Waals surface area (Å²) in [5.41, 5.74) is 4.03. The Morgan fingerprint density at radius 2 is 1.70 bits per heavy atom. The molecule has 2 aromatic carbocycles. The number of anilines is 3. The minimum atomic E-state index is -0.581. The molecule has 1 fully saturated rings. The van der Waals surface area contributed by atoms with Gasteiger partial charge in [-0.05, 0) is 49.0 Å². The van der Waals surface area contributed by atoms with E-state index in [2.05, 4.69) is 32.5 Å². The first-order chi connectivity index (χ1) is 19.3. The molecule has 0 atom stereocenters. The maximum atomic E-state index is 13.2. The van der Waals surface area contributed by atoms with Gasteiger partial charge in [-0.25, -0.2) is 9.78 Å². The van der Waals surface area contributed by atoms with Gasteiger partial charge in [-0.2, -0.15) is 0 Å². The average molecular weight is 541 g/mol. The van der Waals surface area contributed by atoms with Gasteiger partial charge in [0.2, 0.25) is 5.91 Å². The molecule has 0 bridgehead atoms. The summed E-state index contributed by atoms with van der Waals surface area (Å²) in [4.78, 5) is 48.4. The van der Waals surface area contributed by atoms with Crippen LogP contribution in [0.25, 0.3) is 11.3 Å². The van der Waals surface area contributed by atoms with Crippen LogP contribution in [0.3, 0.4) is 0 Å². The zero-order valence-electron chi connectivity index (χ0n) is 22.8. The Morgan fingerprint density at radius 3 is 2.38 bits per heavy atom. The van der Waals surface area contributed by atoms with Crippen LogP contribution in [0.2, 0.25) is 0 Å². The number of ether oxygens (including phenoxy) is 1. The van der Waals surface area contributed by atoms with E-state index in [9.17, 15) is 14.4 Å². The summed E-state index contributed by atoms with van der Waals surface area (Å²) < 4.78 is 4.76. The lowest BCUT2D eigenvalue weighted by Gasteiger charge is -2.32. The number of piperazine rings is 1. The highest BCUT2D eigenvalue weighted by Crippen LogP contribution is 2.37. The summed E-state index contributed by atoms with van der Waals surface area (Å²) in [6, 6.07) is 20.3. The van der Waals surface area contributed by atoms with Gasteiger partial charge in [0.05, 0.1) is 24.9 Å². The summed E-state index contributed by atoms with van der Waals surface area (Å²) in [7, 11) is 5.16. The number of esters is 1. The molecular weight excluding hydrogens is 508 g/mol. The molecule has 2 N–H and O–H groups in total. The lowest BCUT2D eigenvalue weighted by molar-refractivity contribution is -0.119. The van der Waals surface area contributed by atoms with E-state index in [-0.39, 0.29) is 17.5 Å². The molecule has 40 heavy (non-hydrogen) atoms. The predicted octanol–water partition coefficient (Wildman–Crippen LogP) is 3.01. The fraction of sp³-hybridized carbons (Fsp3) is 0.267. The average Bonchev–Trinajstić information content (AvgIpc) is 3.31. The number of benzene rings is 2. The third-order valence-corrected chi connectivity index (χ3v) is 7.18. The van der Waals surface area contributed by atoms with E-state index >= 15 is 0 Å². The van der Waals surface area contributed by atoms with Crippen molar-refractivity contribution in [2.45, 2.75) is 0 Å². The summed E-state index contributed by atoms with van der Waals surface area (Å²) in [5.74, 6) is -0.575. The molecule has 0 aliphatic carbocycles. The van der Waals surface area contributed by atoms with Crippen LogP contribution in [0.1, 0.15) is 21.6 Å². The lowest BCUT2D eigenvalue weighted by Crippen LogP contribution is -2.48. The van der Waals surface area contributed by atoms with Gasteiger partial charge in [0.1, 0.15) is 5.82 Å². The smallest absolute Gasteiger partial charge is 0.356 e. The van der Waals surface area contributed by atoms with E-state index in [1.165, 1.54) is 13.2 Å². The highest BCUT2D eigenvalue weighted by molar-refractivity contribution is 6.37. The van der Waals surface area contributed by atoms with Crippen molar-refractivity contribution in [1.82, 2.24) is 14.8 Å². The number of fused-ring (bicyclic) bond motifs is 1. The van der Waals surface area contributed by atoms with E-state index in [0.717, 1.165) is 43.1 Å². The summed E-state index contributed by atoms with van der Waals surface area (Å²) in [6.07, 6.45) is 0. The molecular formula is C30H32N6O4. The molecule has 10 nitrogen and oxygen atoms in total. The van der Waals surface area contributed by atoms with Crippen LogP contribution >= 0.6 is 0 Å². The van der Waals surface area contributed by atoms with Gasteiger partial charge < -0.3 is 25.2 Å². The Balaban J connectivity index is 1.40. The summed E-state index contributed by atoms with van der Waals surface area (Å²) >= 11 is 0. The number of likely N-dealkylation sites (N-methyl/N-ethyl adjacent to an activating group) is 2. The standard InChI is InChI=1S/C30H32N6O4/c1-34-15-17-36(18-16-34)19-25(37)35(2)22-11-9-21(10-12-22)31-27(20-7-5-4-6-8-20)26-23-13-14-24(30(39)40-3)32-28(23)33-29(26)38/h4-14,31H,15-19H2,1-3H3,(H,32,33,38)/b27-26-. The maximum Gasteiger partial charge on any atom is 0.356 e. The molecule has 0 radical (unpaired) electrons. The SMILES string of the molecule is COC(=O)c1ccc2c(n1)NC(=O)/C2=C(\Nc1ccc(N(C)C(=O)CN2CCN(C)CC2)cc1)c1ccccc1. The second-order valence-electron chi connectivity index (χ2n) is 9.86. The van der Waals surface area contributed by atoms with Crippen molar-refractivity contribution in [3.05, 3.63) is 83.6 Å². The Hall–Kier alpha value is -4.54. The van der Waals surface area contributed by atoms with E-state index in [1.807, 2.05) is 54.6 Å². The summed E-state index contributed by atoms with van der Waals surface area (Å²) in [6.45, 7) is 4.07. The number of aromatic nitrogens is 1. The Kier molecular flexibility index (Phi) is 7.90. The van der Waals surface area contributed by atoms with Crippen LogP contribution in [0, 0.1) is 0 Å². The van der Waals surface area contributed by atoms with Gasteiger partial charge in [0.25, 0.3) is 5.91 Å². The van der Waals surface area contributed by atoms with Crippen LogP contribution in [0.15, 0.2) is 66.7 Å². The van der Waals surface area contributed by atoms with Gasteiger partial charge in [0.15, 0.2) is 5.69 Å². The van der Waals surface area contributed by atoms with E-state index in [0.29, 0.717) is 29.2 Å². The number of nitrogens with zero attached hydrogens (tertiary/aromatic N) is 4. The first kappa shape index (κ1) is 27.0. The normalized spacial score (nSPS) is 16.6. The van der Waals surface area contributed by atoms with Crippen molar-refractivity contribution >= 4 is 46.2 Å². The highest BCUT2D eigenvalue weighted by atomic mass is 16.5. The number of carbonyl (C=O) groups excluding carboxylic acids is 3. The first-order valence-electron chi connectivity index (χ1n) is 13.1. The fourth-order valence-electron chi connectivity index (χ4n) is 4.76. The molecule has 0 unspecified atom stereocenters. The van der Waals surface area contributed by atoms with Crippen molar-refractivity contribution in [1.29, 1.82) is 0 Å². The van der Waals surface area contributed by atoms with Crippen molar-refractivity contribution in [2.24, 2.45) is 0 Å². The molecule has 10 heteroatoms. The number of nitrogens with one attached hydrogen (secondary N) is 2. The minimum absolute atomic E-state index is 0.0374. The molecule has 2 aliphatic heterocycles. The summed E-state index contributed by atoms with van der Waals surface area (Å²) in [5, 5.41) is 6.17.